The maximum atomic E-state index is 4.74. The third-order valence-corrected chi connectivity index (χ3v) is 6.12. The number of rotatable bonds is 5. The Labute approximate surface area is 156 Å². The molecule has 4 rings (SSSR count). The summed E-state index contributed by atoms with van der Waals surface area (Å²) in [7, 11) is 0. The van der Waals surface area contributed by atoms with Gasteiger partial charge in [0.2, 0.25) is 5.95 Å². The highest BCUT2D eigenvalue weighted by atomic mass is 15.3. The van der Waals surface area contributed by atoms with Gasteiger partial charge in [-0.05, 0) is 51.3 Å². The van der Waals surface area contributed by atoms with Crippen molar-refractivity contribution in [2.24, 2.45) is 0 Å². The maximum Gasteiger partial charge on any atom is 0.243 e. The fraction of sp³-hybridized carbons (Fsp3) is 0.571. The predicted molar refractivity (Wildman–Crippen MR) is 105 cm³/mol. The highest BCUT2D eigenvalue weighted by Gasteiger charge is 2.39. The molecule has 2 heterocycles. The first-order chi connectivity index (χ1) is 12.8. The third kappa shape index (κ3) is 3.58. The first-order valence-electron chi connectivity index (χ1n) is 10.0. The highest BCUT2D eigenvalue weighted by molar-refractivity contribution is 5.63. The Morgan fingerprint density at radius 2 is 1.81 bits per heavy atom. The molecule has 26 heavy (non-hydrogen) atoms. The Bertz CT molecular complexity index is 733. The number of hydrogen-bond acceptors (Lipinski definition) is 5. The van der Waals surface area contributed by atoms with Crippen molar-refractivity contribution in [3.05, 3.63) is 36.0 Å². The average molecular weight is 351 g/mol. The summed E-state index contributed by atoms with van der Waals surface area (Å²) >= 11 is 0. The smallest absolute Gasteiger partial charge is 0.243 e. The van der Waals surface area contributed by atoms with E-state index in [-0.39, 0.29) is 5.54 Å². The summed E-state index contributed by atoms with van der Waals surface area (Å²) in [5.74, 6) is 0.647. The van der Waals surface area contributed by atoms with Crippen LogP contribution in [-0.2, 0) is 0 Å². The van der Waals surface area contributed by atoms with Gasteiger partial charge in [0.15, 0.2) is 0 Å². The molecular weight excluding hydrogens is 322 g/mol. The lowest BCUT2D eigenvalue weighted by molar-refractivity contribution is 0.0807. The van der Waals surface area contributed by atoms with E-state index in [1.54, 1.807) is 6.20 Å². The van der Waals surface area contributed by atoms with Crippen LogP contribution in [0.4, 0.5) is 5.95 Å². The van der Waals surface area contributed by atoms with Crippen LogP contribution >= 0.6 is 0 Å². The van der Waals surface area contributed by atoms with Crippen LogP contribution in [0.3, 0.4) is 0 Å². The molecule has 138 valence electrons. The van der Waals surface area contributed by atoms with Gasteiger partial charge < -0.3 is 5.32 Å². The third-order valence-electron chi connectivity index (χ3n) is 6.12. The first-order valence-corrected chi connectivity index (χ1v) is 10.0. The van der Waals surface area contributed by atoms with Gasteiger partial charge in [0.05, 0.1) is 11.9 Å². The fourth-order valence-electron chi connectivity index (χ4n) is 4.62. The molecular formula is C21H29N5. The molecule has 0 radical (unpaired) electrons. The molecule has 5 nitrogen and oxygen atoms in total. The van der Waals surface area contributed by atoms with Crippen molar-refractivity contribution < 1.29 is 0 Å². The van der Waals surface area contributed by atoms with Crippen LogP contribution in [0.5, 0.6) is 0 Å². The standard InChI is InChI=1S/C21H29N5/c1-17-9-3-4-10-18(17)19-15-23-25-20(24-19)22-16-21(11-5-6-12-21)26-13-7-2-8-14-26/h3-4,9-10,15H,2,5-8,11-14,16H2,1H3,(H,22,24,25). The zero-order valence-corrected chi connectivity index (χ0v) is 15.7. The van der Waals surface area contributed by atoms with E-state index in [1.807, 2.05) is 6.07 Å². The van der Waals surface area contributed by atoms with Crippen LogP contribution in [0.15, 0.2) is 30.5 Å². The lowest BCUT2D eigenvalue weighted by Gasteiger charge is -2.43. The Morgan fingerprint density at radius 1 is 1.04 bits per heavy atom. The fourth-order valence-corrected chi connectivity index (χ4v) is 4.62. The van der Waals surface area contributed by atoms with E-state index < -0.39 is 0 Å². The van der Waals surface area contributed by atoms with Crippen LogP contribution < -0.4 is 5.32 Å². The molecule has 2 aliphatic rings. The number of aromatic nitrogens is 3. The van der Waals surface area contributed by atoms with E-state index in [2.05, 4.69) is 45.5 Å². The summed E-state index contributed by atoms with van der Waals surface area (Å²) in [5, 5.41) is 12.0. The number of nitrogens with zero attached hydrogens (tertiary/aromatic N) is 4. The average Bonchev–Trinajstić information content (AvgIpc) is 3.18. The van der Waals surface area contributed by atoms with E-state index in [9.17, 15) is 0 Å². The van der Waals surface area contributed by atoms with Crippen LogP contribution in [0, 0.1) is 6.92 Å². The Morgan fingerprint density at radius 3 is 2.58 bits per heavy atom. The summed E-state index contributed by atoms with van der Waals surface area (Å²) in [6.07, 6.45) is 11.0. The molecule has 2 fully saturated rings. The zero-order valence-electron chi connectivity index (χ0n) is 15.7. The molecule has 1 aromatic heterocycles. The van der Waals surface area contributed by atoms with E-state index in [1.165, 1.54) is 63.6 Å². The minimum absolute atomic E-state index is 0.280. The normalized spacial score (nSPS) is 20.2. The molecule has 1 N–H and O–H groups in total. The molecule has 0 spiro atoms. The minimum Gasteiger partial charge on any atom is -0.351 e. The summed E-state index contributed by atoms with van der Waals surface area (Å²) in [5.41, 5.74) is 3.50. The van der Waals surface area contributed by atoms with Gasteiger partial charge in [0.25, 0.3) is 0 Å². The molecule has 5 heteroatoms. The number of hydrogen-bond donors (Lipinski definition) is 1. The van der Waals surface area contributed by atoms with Crippen molar-refractivity contribution in [2.45, 2.75) is 57.4 Å². The Hall–Kier alpha value is -2.01. The molecule has 0 amide bonds. The van der Waals surface area contributed by atoms with Crippen LogP contribution in [0.25, 0.3) is 11.3 Å². The monoisotopic (exact) mass is 351 g/mol. The summed E-state index contributed by atoms with van der Waals surface area (Å²) in [6, 6.07) is 8.29. The lowest BCUT2D eigenvalue weighted by Crippen LogP contribution is -2.53. The summed E-state index contributed by atoms with van der Waals surface area (Å²) < 4.78 is 0. The lowest BCUT2D eigenvalue weighted by atomic mass is 9.92. The minimum atomic E-state index is 0.280. The van der Waals surface area contributed by atoms with E-state index in [4.69, 9.17) is 4.98 Å². The number of benzene rings is 1. The van der Waals surface area contributed by atoms with Gasteiger partial charge in [0.1, 0.15) is 0 Å². The number of aryl methyl sites for hydroxylation is 1. The molecule has 1 aromatic carbocycles. The van der Waals surface area contributed by atoms with E-state index in [0.717, 1.165) is 17.8 Å². The van der Waals surface area contributed by atoms with Gasteiger partial charge in [0, 0.05) is 17.6 Å². The van der Waals surface area contributed by atoms with Crippen molar-refractivity contribution >= 4 is 5.95 Å². The van der Waals surface area contributed by atoms with Crippen molar-refractivity contribution in [2.75, 3.05) is 25.0 Å². The number of nitrogens with one attached hydrogen (secondary N) is 1. The quantitative estimate of drug-likeness (QED) is 0.880. The molecule has 1 aliphatic carbocycles. The number of piperidine rings is 1. The molecule has 0 unspecified atom stereocenters. The molecule has 1 aliphatic heterocycles. The molecule has 0 atom stereocenters. The second-order valence-corrected chi connectivity index (χ2v) is 7.81. The number of anilines is 1. The molecule has 0 bridgehead atoms. The van der Waals surface area contributed by atoms with Crippen LogP contribution in [-0.4, -0.2) is 45.3 Å². The number of likely N-dealkylation sites (tertiary alicyclic amines) is 1. The summed E-state index contributed by atoms with van der Waals surface area (Å²) in [6.45, 7) is 5.51. The van der Waals surface area contributed by atoms with E-state index in [0.29, 0.717) is 5.95 Å². The Kier molecular flexibility index (Phi) is 5.16. The van der Waals surface area contributed by atoms with Crippen LogP contribution in [0.2, 0.25) is 0 Å². The van der Waals surface area contributed by atoms with Crippen LogP contribution in [0.1, 0.15) is 50.5 Å². The van der Waals surface area contributed by atoms with Gasteiger partial charge in [-0.2, -0.15) is 5.10 Å². The molecule has 2 aromatic rings. The SMILES string of the molecule is Cc1ccccc1-c1cnnc(NCC2(N3CCCCC3)CCCC2)n1. The highest BCUT2D eigenvalue weighted by Crippen LogP contribution is 2.37. The Balaban J connectivity index is 1.50. The maximum absolute atomic E-state index is 4.74. The molecule has 1 saturated carbocycles. The summed E-state index contributed by atoms with van der Waals surface area (Å²) in [4.78, 5) is 7.47. The van der Waals surface area contributed by atoms with Gasteiger partial charge in [-0.1, -0.05) is 43.5 Å². The van der Waals surface area contributed by atoms with Crippen molar-refractivity contribution in [1.29, 1.82) is 0 Å². The molecule has 1 saturated heterocycles. The predicted octanol–water partition coefficient (Wildman–Crippen LogP) is 4.06. The van der Waals surface area contributed by atoms with Crippen molar-refractivity contribution in [3.8, 4) is 11.3 Å². The topological polar surface area (TPSA) is 53.9 Å². The van der Waals surface area contributed by atoms with Crippen molar-refractivity contribution in [3.63, 3.8) is 0 Å². The van der Waals surface area contributed by atoms with Gasteiger partial charge in [-0.3, -0.25) is 4.90 Å². The van der Waals surface area contributed by atoms with Crippen molar-refractivity contribution in [1.82, 2.24) is 20.1 Å². The largest absolute Gasteiger partial charge is 0.351 e. The zero-order chi connectivity index (χ0) is 17.8. The van der Waals surface area contributed by atoms with Gasteiger partial charge >= 0.3 is 0 Å². The van der Waals surface area contributed by atoms with E-state index >= 15 is 0 Å². The van der Waals surface area contributed by atoms with Gasteiger partial charge in [-0.25, -0.2) is 4.98 Å². The second kappa shape index (κ2) is 7.70. The van der Waals surface area contributed by atoms with Gasteiger partial charge in [-0.15, -0.1) is 5.10 Å². The first kappa shape index (κ1) is 17.4. The second-order valence-electron chi connectivity index (χ2n) is 7.81.